The lowest BCUT2D eigenvalue weighted by atomic mass is 10.0. The molecule has 3 aromatic heterocycles. The summed E-state index contributed by atoms with van der Waals surface area (Å²) in [5.74, 6) is 12.7. The summed E-state index contributed by atoms with van der Waals surface area (Å²) >= 11 is 0. The Morgan fingerprint density at radius 1 is 0.437 bits per heavy atom. The van der Waals surface area contributed by atoms with Gasteiger partial charge in [0.15, 0.2) is 0 Å². The van der Waals surface area contributed by atoms with Crippen molar-refractivity contribution in [2.75, 3.05) is 26.4 Å². The largest absolute Gasteiger partial charge is 0.493 e. The van der Waals surface area contributed by atoms with Crippen LogP contribution in [0.5, 0.6) is 23.0 Å². The second kappa shape index (κ2) is 32.3. The molecule has 5 heterocycles. The number of ether oxygens (including phenoxy) is 4. The van der Waals surface area contributed by atoms with Gasteiger partial charge in [0.2, 0.25) is 0 Å². The molecule has 8 rings (SSSR count). The average Bonchev–Trinajstić information content (AvgIpc) is 2.02. The van der Waals surface area contributed by atoms with Crippen LogP contribution in [0, 0.1) is 23.3 Å². The molecule has 0 saturated heterocycles. The predicted molar refractivity (Wildman–Crippen MR) is 366 cm³/mol. The highest BCUT2D eigenvalue weighted by atomic mass is 28.3. The molecule has 0 radical (unpaired) electrons. The minimum Gasteiger partial charge on any atom is -0.493 e. The summed E-state index contributed by atoms with van der Waals surface area (Å²) in [5, 5.41) is 9.79. The van der Waals surface area contributed by atoms with Gasteiger partial charge in [0.1, 0.15) is 31.1 Å². The number of carboxylic acid groups (broad SMARTS) is 1. The van der Waals surface area contributed by atoms with Gasteiger partial charge in [-0.25, -0.2) is 14.8 Å². The van der Waals surface area contributed by atoms with Crippen LogP contribution < -0.4 is 18.9 Å². The number of rotatable bonds is 30. The third-order valence-corrected chi connectivity index (χ3v) is 23.3. The fraction of sp³-hybridized carbons (Fsp3) is 0.434. The fourth-order valence-corrected chi connectivity index (χ4v) is 17.5. The van der Waals surface area contributed by atoms with Crippen LogP contribution in [0.2, 0.25) is 16.6 Å². The molecular formula is C76H94N4O6Si. The normalized spacial score (nSPS) is 11.9. The van der Waals surface area contributed by atoms with E-state index in [0.717, 1.165) is 187 Å². The molecule has 2 aliphatic rings. The van der Waals surface area contributed by atoms with Crippen molar-refractivity contribution in [3.8, 4) is 68.6 Å². The molecule has 458 valence electrons. The highest BCUT2D eigenvalue weighted by Gasteiger charge is 2.42. The highest BCUT2D eigenvalue weighted by Crippen LogP contribution is 2.46. The van der Waals surface area contributed by atoms with Gasteiger partial charge in [0, 0.05) is 27.7 Å². The topological polar surface area (TPSA) is 132 Å². The molecule has 87 heavy (non-hydrogen) atoms. The second-order valence-electron chi connectivity index (χ2n) is 24.2. The number of nitrogens with one attached hydrogen (secondary N) is 2. The second-order valence-corrected chi connectivity index (χ2v) is 29.8. The van der Waals surface area contributed by atoms with Crippen LogP contribution in [0.1, 0.15) is 222 Å². The maximum absolute atomic E-state index is 12.0. The van der Waals surface area contributed by atoms with Crippen LogP contribution in [-0.2, 0) is 0 Å². The first-order valence-electron chi connectivity index (χ1n) is 32.7. The number of carbonyl (C=O) groups is 1. The van der Waals surface area contributed by atoms with Gasteiger partial charge in [0.25, 0.3) is 0 Å². The van der Waals surface area contributed by atoms with Gasteiger partial charge in [-0.2, -0.15) is 0 Å². The molecule has 3 aromatic carbocycles. The molecule has 11 heteroatoms. The molecule has 0 atom stereocenters. The molecule has 0 saturated carbocycles. The number of fused-ring (bicyclic) bond motifs is 8. The zero-order valence-corrected chi connectivity index (χ0v) is 54.6. The lowest BCUT2D eigenvalue weighted by Crippen LogP contribution is -2.43. The number of unbranched alkanes of at least 4 members (excludes halogenated alkanes) is 12. The van der Waals surface area contributed by atoms with Gasteiger partial charge in [-0.3, -0.25) is 0 Å². The number of aromatic nitrogens is 4. The molecule has 0 spiro atoms. The van der Waals surface area contributed by atoms with E-state index in [4.69, 9.17) is 28.9 Å². The van der Waals surface area contributed by atoms with Crippen LogP contribution in [0.3, 0.4) is 0 Å². The number of benzene rings is 3. The number of hydrogen-bond acceptors (Lipinski definition) is 7. The predicted octanol–water partition coefficient (Wildman–Crippen LogP) is 20.5. The maximum Gasteiger partial charge on any atom is 0.335 e. The summed E-state index contributed by atoms with van der Waals surface area (Å²) in [6.07, 6.45) is 25.4. The van der Waals surface area contributed by atoms with Crippen molar-refractivity contribution >= 4 is 60.4 Å². The van der Waals surface area contributed by atoms with Crippen molar-refractivity contribution in [2.45, 2.75) is 189 Å². The van der Waals surface area contributed by atoms with Gasteiger partial charge >= 0.3 is 5.97 Å². The summed E-state index contributed by atoms with van der Waals surface area (Å²) in [6.45, 7) is 25.3. The number of hydrogen-bond donors (Lipinski definition) is 3. The minimum atomic E-state index is -2.29. The number of nitrogens with zero attached hydrogens (tertiary/aromatic N) is 2. The standard InChI is InChI=1S/C76H94N4O6Si/c1-11-15-19-23-48-83-68-29-27-30-69(84-49-24-20-16-12-2)74(68)72-64-43-39-60(77-64)58(38-35-56-33-36-57(37-34-56)76(81)82)61-40-44-65(78-61)73(75-70(85-50-25-21-17-13-3)31-28-32-71(75)86-51-26-22-18-14-4)67-46-42-63(80-67)59(62-41-45-66(72)79-62)47-52-87(53(5)6,54(7)8)55(9)10/h27-34,36-37,39-46,53-55,77,80H,11-26,48-51H2,1-10H3,(H,81,82). The van der Waals surface area contributed by atoms with Crippen LogP contribution >= 0.6 is 0 Å². The van der Waals surface area contributed by atoms with Crippen LogP contribution in [0.15, 0.2) is 84.9 Å². The lowest BCUT2D eigenvalue weighted by Gasteiger charge is -2.38. The maximum atomic E-state index is 12.0. The SMILES string of the molecule is CCCCCCOc1cccc(OCCCCCC)c1-c1c2nc(c(C#C[Si](C(C)C)(C(C)C)C(C)C)c3ccc([nH]3)c(-c3c(OCCCCCC)cccc3OCCCCCC)c3nc(c(C#Cc4ccc(C(=O)O)cc4)c4ccc1[nH]4)C=C3)C=C2. The van der Waals surface area contributed by atoms with Crippen molar-refractivity contribution < 1.29 is 28.8 Å². The smallest absolute Gasteiger partial charge is 0.335 e. The molecule has 3 N–H and O–H groups in total. The Hall–Kier alpha value is -7.73. The van der Waals surface area contributed by atoms with Crippen LogP contribution in [0.25, 0.3) is 68.6 Å². The van der Waals surface area contributed by atoms with Crippen LogP contribution in [0.4, 0.5) is 0 Å². The van der Waals surface area contributed by atoms with Crippen molar-refractivity contribution in [1.29, 1.82) is 0 Å². The van der Waals surface area contributed by atoms with E-state index in [1.807, 2.05) is 18.2 Å². The van der Waals surface area contributed by atoms with Gasteiger partial charge in [-0.05, 0) is 139 Å². The number of H-pyrrole nitrogens is 2. The summed E-state index contributed by atoms with van der Waals surface area (Å²) in [5.41, 5.74) is 16.9. The Morgan fingerprint density at radius 3 is 1.15 bits per heavy atom. The van der Waals surface area contributed by atoms with Crippen molar-refractivity contribution in [3.05, 3.63) is 130 Å². The monoisotopic (exact) mass is 1190 g/mol. The molecule has 0 unspecified atom stereocenters. The molecule has 8 bridgehead atoms. The molecule has 2 aliphatic heterocycles. The van der Waals surface area contributed by atoms with E-state index in [1.54, 1.807) is 24.3 Å². The van der Waals surface area contributed by atoms with E-state index < -0.39 is 14.0 Å². The van der Waals surface area contributed by atoms with Gasteiger partial charge in [-0.15, -0.1) is 5.54 Å². The van der Waals surface area contributed by atoms with Gasteiger partial charge < -0.3 is 34.0 Å². The van der Waals surface area contributed by atoms with E-state index >= 15 is 0 Å². The fourth-order valence-electron chi connectivity index (χ4n) is 12.3. The van der Waals surface area contributed by atoms with Crippen molar-refractivity contribution in [1.82, 2.24) is 19.9 Å². The zero-order valence-electron chi connectivity index (χ0n) is 53.6. The Bertz CT molecular complexity index is 3490. The summed E-state index contributed by atoms with van der Waals surface area (Å²) in [7, 11) is -2.29. The highest BCUT2D eigenvalue weighted by molar-refractivity contribution is 6.90. The molecule has 6 aromatic rings. The molecule has 0 amide bonds. The van der Waals surface area contributed by atoms with Gasteiger partial charge in [0.05, 0.1) is 88.1 Å². The molecular weight excluding hydrogens is 1090 g/mol. The van der Waals surface area contributed by atoms with E-state index in [2.05, 4.69) is 169 Å². The van der Waals surface area contributed by atoms with Gasteiger partial charge in [-0.1, -0.05) is 176 Å². The van der Waals surface area contributed by atoms with Crippen molar-refractivity contribution in [2.24, 2.45) is 0 Å². The third kappa shape index (κ3) is 16.3. The molecule has 10 nitrogen and oxygen atoms in total. The summed E-state index contributed by atoms with van der Waals surface area (Å²) < 4.78 is 27.5. The average molecular weight is 1190 g/mol. The van der Waals surface area contributed by atoms with Crippen LogP contribution in [-0.4, -0.2) is 65.5 Å². The first-order chi connectivity index (χ1) is 42.3. The van der Waals surface area contributed by atoms with Crippen molar-refractivity contribution in [3.63, 3.8) is 0 Å². The first kappa shape index (κ1) is 65.2. The minimum absolute atomic E-state index is 0.189. The Balaban J connectivity index is 1.53. The summed E-state index contributed by atoms with van der Waals surface area (Å²) in [4.78, 5) is 31.1. The van der Waals surface area contributed by atoms with E-state index in [-0.39, 0.29) is 5.56 Å². The van der Waals surface area contributed by atoms with E-state index in [1.165, 1.54) is 0 Å². The number of aromatic carboxylic acids is 1. The molecule has 0 aliphatic carbocycles. The quantitative estimate of drug-likeness (QED) is 0.0230. The summed E-state index contributed by atoms with van der Waals surface area (Å²) in [6, 6.07) is 27.4. The Morgan fingerprint density at radius 2 is 0.793 bits per heavy atom. The first-order valence-corrected chi connectivity index (χ1v) is 34.9. The zero-order chi connectivity index (χ0) is 61.7. The number of carboxylic acids is 1. The third-order valence-electron chi connectivity index (χ3n) is 17.0. The Kier molecular flexibility index (Phi) is 24.2. The van der Waals surface area contributed by atoms with E-state index in [9.17, 15) is 9.90 Å². The lowest BCUT2D eigenvalue weighted by molar-refractivity contribution is 0.0696. The number of aromatic amines is 2. The Labute approximate surface area is 520 Å². The molecule has 0 fully saturated rings. The van der Waals surface area contributed by atoms with E-state index in [0.29, 0.717) is 65.6 Å².